The number of benzene rings is 1. The van der Waals surface area contributed by atoms with Crippen LogP contribution < -0.4 is 15.8 Å². The molecule has 3 N–H and O–H groups in total. The molecule has 1 aromatic carbocycles. The maximum Gasteiger partial charge on any atom is 0.275 e. The van der Waals surface area contributed by atoms with Crippen molar-refractivity contribution in [3.8, 4) is 5.88 Å². The molecule has 0 unspecified atom stereocenters. The largest absolute Gasteiger partial charge is 0.471 e. The number of nitrogens with two attached hydrogens (primary N) is 1. The number of anilines is 1. The fourth-order valence-electron chi connectivity index (χ4n) is 4.52. The van der Waals surface area contributed by atoms with Gasteiger partial charge in [0.2, 0.25) is 5.88 Å². The second-order valence-electron chi connectivity index (χ2n) is 8.85. The number of carbonyl (C=O) groups is 1. The van der Waals surface area contributed by atoms with E-state index in [-0.39, 0.29) is 44.8 Å². The highest BCUT2D eigenvalue weighted by atomic mass is 32.2. The van der Waals surface area contributed by atoms with Crippen molar-refractivity contribution in [1.82, 2.24) is 9.97 Å². The molecule has 2 aromatic rings. The Morgan fingerprint density at radius 2 is 2.06 bits per heavy atom. The SMILES string of the molecule is COC[C@H](C)Oc1cnc(C(=O)Nc2cc(F)c(F)c([C@]3(C)N=C(N)S[C@@]4(COC)C[C@H]43)c2)cn1. The van der Waals surface area contributed by atoms with E-state index >= 15 is 4.39 Å². The lowest BCUT2D eigenvalue weighted by molar-refractivity contribution is 0.0885. The van der Waals surface area contributed by atoms with Crippen LogP contribution in [0.5, 0.6) is 5.88 Å². The molecule has 0 spiro atoms. The van der Waals surface area contributed by atoms with E-state index in [1.807, 2.05) is 0 Å². The number of methoxy groups -OCH3 is 2. The van der Waals surface area contributed by atoms with Crippen LogP contribution in [0.1, 0.15) is 36.3 Å². The zero-order valence-electron chi connectivity index (χ0n) is 19.8. The van der Waals surface area contributed by atoms with Crippen molar-refractivity contribution in [3.63, 3.8) is 0 Å². The van der Waals surface area contributed by atoms with Gasteiger partial charge in [0, 0.05) is 37.5 Å². The van der Waals surface area contributed by atoms with Gasteiger partial charge in [-0.25, -0.2) is 18.7 Å². The minimum atomic E-state index is -1.11. The topological polar surface area (TPSA) is 121 Å². The molecule has 0 radical (unpaired) electrons. The number of amidine groups is 1. The first-order valence-electron chi connectivity index (χ1n) is 10.9. The molecule has 1 saturated carbocycles. The zero-order chi connectivity index (χ0) is 25.4. The normalized spacial score (nSPS) is 25.9. The molecule has 4 atom stereocenters. The highest BCUT2D eigenvalue weighted by Crippen LogP contribution is 2.66. The fraction of sp³-hybridized carbons (Fsp3) is 0.478. The van der Waals surface area contributed by atoms with Crippen LogP contribution in [0.2, 0.25) is 0 Å². The number of nitrogens with one attached hydrogen (secondary N) is 1. The molecule has 2 aliphatic rings. The van der Waals surface area contributed by atoms with E-state index in [1.165, 1.54) is 30.2 Å². The van der Waals surface area contributed by atoms with E-state index in [1.54, 1.807) is 28.1 Å². The van der Waals surface area contributed by atoms with Crippen molar-refractivity contribution in [2.75, 3.05) is 32.8 Å². The Balaban J connectivity index is 1.56. The number of carbonyl (C=O) groups excluding carboxylic acids is 1. The highest BCUT2D eigenvalue weighted by Gasteiger charge is 2.66. The highest BCUT2D eigenvalue weighted by molar-refractivity contribution is 8.15. The molecule has 35 heavy (non-hydrogen) atoms. The predicted octanol–water partition coefficient (Wildman–Crippen LogP) is 3.10. The summed E-state index contributed by atoms with van der Waals surface area (Å²) in [6.07, 6.45) is 2.98. The third-order valence-corrected chi connectivity index (χ3v) is 7.43. The van der Waals surface area contributed by atoms with E-state index in [2.05, 4.69) is 20.3 Å². The smallest absolute Gasteiger partial charge is 0.275 e. The van der Waals surface area contributed by atoms with Gasteiger partial charge in [0.25, 0.3) is 5.91 Å². The molecule has 188 valence electrons. The maximum atomic E-state index is 15.0. The minimum absolute atomic E-state index is 0.0148. The standard InChI is InChI=1S/C23H27F2N5O4S/c1-12(10-32-3)34-18-9-27-16(8-28-18)20(31)29-13-5-14(19(25)15(24)6-13)22(2)17-7-23(17,11-33-4)35-21(26)30-22/h5-6,8-9,12,17H,7,10-11H2,1-4H3,(H2,26,30)(H,29,31)/t12-,17-,22-,23+/m0/s1. The van der Waals surface area contributed by atoms with Crippen LogP contribution in [0, 0.1) is 17.6 Å². The number of hydrogen-bond donors (Lipinski definition) is 2. The third kappa shape index (κ3) is 4.95. The molecule has 1 aromatic heterocycles. The van der Waals surface area contributed by atoms with Gasteiger partial charge >= 0.3 is 0 Å². The van der Waals surface area contributed by atoms with Crippen LogP contribution in [0.3, 0.4) is 0 Å². The molecule has 9 nitrogen and oxygen atoms in total. The van der Waals surface area contributed by atoms with Crippen LogP contribution in [0.4, 0.5) is 14.5 Å². The summed E-state index contributed by atoms with van der Waals surface area (Å²) in [5, 5.41) is 2.84. The summed E-state index contributed by atoms with van der Waals surface area (Å²) in [6, 6.07) is 2.30. The van der Waals surface area contributed by atoms with E-state index in [4.69, 9.17) is 19.9 Å². The van der Waals surface area contributed by atoms with Crippen LogP contribution in [0.15, 0.2) is 29.5 Å². The van der Waals surface area contributed by atoms with Crippen molar-refractivity contribution in [3.05, 3.63) is 47.4 Å². The number of fused-ring (bicyclic) bond motifs is 1. The molecule has 1 fully saturated rings. The third-order valence-electron chi connectivity index (χ3n) is 6.16. The predicted molar refractivity (Wildman–Crippen MR) is 128 cm³/mol. The van der Waals surface area contributed by atoms with Gasteiger partial charge in [0.05, 0.1) is 35.9 Å². The van der Waals surface area contributed by atoms with Gasteiger partial charge < -0.3 is 25.3 Å². The summed E-state index contributed by atoms with van der Waals surface area (Å²) >= 11 is 1.40. The lowest BCUT2D eigenvalue weighted by Gasteiger charge is -2.34. The average molecular weight is 508 g/mol. The Hall–Kier alpha value is -2.83. The number of amides is 1. The monoisotopic (exact) mass is 507 g/mol. The maximum absolute atomic E-state index is 15.0. The Kier molecular flexibility index (Phi) is 6.98. The Morgan fingerprint density at radius 1 is 1.29 bits per heavy atom. The van der Waals surface area contributed by atoms with Crippen molar-refractivity contribution in [2.24, 2.45) is 16.6 Å². The number of rotatable bonds is 9. The fourth-order valence-corrected chi connectivity index (χ4v) is 5.97. The number of aromatic nitrogens is 2. The Morgan fingerprint density at radius 3 is 2.71 bits per heavy atom. The lowest BCUT2D eigenvalue weighted by Crippen LogP contribution is -2.38. The van der Waals surface area contributed by atoms with E-state index in [9.17, 15) is 9.18 Å². The minimum Gasteiger partial charge on any atom is -0.471 e. The van der Waals surface area contributed by atoms with Crippen LogP contribution in [0.25, 0.3) is 0 Å². The van der Waals surface area contributed by atoms with Crippen molar-refractivity contribution >= 4 is 28.5 Å². The summed E-state index contributed by atoms with van der Waals surface area (Å²) in [6.45, 7) is 4.30. The first kappa shape index (κ1) is 25.3. The number of thioether (sulfide) groups is 1. The van der Waals surface area contributed by atoms with Crippen LogP contribution >= 0.6 is 11.8 Å². The van der Waals surface area contributed by atoms with Gasteiger partial charge in [-0.2, -0.15) is 0 Å². The zero-order valence-corrected chi connectivity index (χ0v) is 20.6. The van der Waals surface area contributed by atoms with Crippen LogP contribution in [-0.4, -0.2) is 59.3 Å². The van der Waals surface area contributed by atoms with Gasteiger partial charge in [-0.3, -0.25) is 9.79 Å². The summed E-state index contributed by atoms with van der Waals surface area (Å²) < 4.78 is 45.2. The second-order valence-corrected chi connectivity index (χ2v) is 10.3. The summed E-state index contributed by atoms with van der Waals surface area (Å²) in [4.78, 5) is 25.3. The molecule has 2 heterocycles. The number of hydrogen-bond acceptors (Lipinski definition) is 9. The van der Waals surface area contributed by atoms with E-state index in [0.717, 1.165) is 6.07 Å². The molecule has 0 bridgehead atoms. The molecule has 1 aliphatic heterocycles. The number of halogens is 2. The molecular formula is C23H27F2N5O4S. The van der Waals surface area contributed by atoms with Gasteiger partial charge in [-0.05, 0) is 26.3 Å². The first-order chi connectivity index (χ1) is 16.6. The van der Waals surface area contributed by atoms with Crippen molar-refractivity contribution < 1.29 is 27.8 Å². The number of nitrogens with zero attached hydrogens (tertiary/aromatic N) is 3. The lowest BCUT2D eigenvalue weighted by atomic mass is 9.85. The molecular weight excluding hydrogens is 480 g/mol. The molecule has 0 saturated heterocycles. The van der Waals surface area contributed by atoms with Crippen molar-refractivity contribution in [2.45, 2.75) is 36.7 Å². The average Bonchev–Trinajstić information content (AvgIpc) is 3.51. The number of ether oxygens (including phenoxy) is 3. The van der Waals surface area contributed by atoms with Gasteiger partial charge in [-0.15, -0.1) is 0 Å². The summed E-state index contributed by atoms with van der Waals surface area (Å²) in [7, 11) is 3.14. The quantitative estimate of drug-likeness (QED) is 0.531. The Labute approximate surface area is 205 Å². The van der Waals surface area contributed by atoms with Gasteiger partial charge in [0.15, 0.2) is 16.8 Å². The molecule has 1 amide bonds. The summed E-state index contributed by atoms with van der Waals surface area (Å²) in [5.41, 5.74) is 5.00. The Bertz CT molecular complexity index is 1150. The molecule has 1 aliphatic carbocycles. The van der Waals surface area contributed by atoms with Gasteiger partial charge in [0.1, 0.15) is 11.8 Å². The van der Waals surface area contributed by atoms with Crippen LogP contribution in [-0.2, 0) is 15.0 Å². The van der Waals surface area contributed by atoms with Crippen molar-refractivity contribution in [1.29, 1.82) is 0 Å². The molecule has 4 rings (SSSR count). The van der Waals surface area contributed by atoms with E-state index in [0.29, 0.717) is 19.6 Å². The second kappa shape index (κ2) is 9.67. The first-order valence-corrected chi connectivity index (χ1v) is 11.8. The van der Waals surface area contributed by atoms with Gasteiger partial charge in [-0.1, -0.05) is 11.8 Å². The molecule has 12 heteroatoms. The number of aliphatic imine (C=N–C) groups is 1. The van der Waals surface area contributed by atoms with E-state index < -0.39 is 23.1 Å². The summed E-state index contributed by atoms with van der Waals surface area (Å²) in [5.74, 6) is -2.65.